The van der Waals surface area contributed by atoms with Crippen LogP contribution in [0.3, 0.4) is 0 Å². The maximum Gasteiger partial charge on any atom is 0.236 e. The van der Waals surface area contributed by atoms with Crippen molar-refractivity contribution >= 4 is 23.2 Å². The van der Waals surface area contributed by atoms with E-state index in [1.54, 1.807) is 0 Å². The first-order valence-electron chi connectivity index (χ1n) is 7.10. The van der Waals surface area contributed by atoms with Crippen molar-refractivity contribution in [3.8, 4) is 0 Å². The summed E-state index contributed by atoms with van der Waals surface area (Å²) in [7, 11) is 1.89. The largest absolute Gasteiger partial charge is 0.368 e. The second-order valence-electron chi connectivity index (χ2n) is 5.34. The number of hydrogen-bond donors (Lipinski definition) is 2. The first-order valence-corrected chi connectivity index (χ1v) is 7.47. The summed E-state index contributed by atoms with van der Waals surface area (Å²) < 4.78 is 0. The van der Waals surface area contributed by atoms with Crippen LogP contribution in [0.25, 0.3) is 0 Å². The van der Waals surface area contributed by atoms with Crippen LogP contribution in [0.5, 0.6) is 0 Å². The van der Waals surface area contributed by atoms with Gasteiger partial charge in [-0.25, -0.2) is 0 Å². The Morgan fingerprint density at radius 1 is 1.45 bits per heavy atom. The Labute approximate surface area is 125 Å². The molecule has 3 N–H and O–H groups in total. The number of anilines is 1. The van der Waals surface area contributed by atoms with Gasteiger partial charge in [0.05, 0.1) is 6.54 Å². The van der Waals surface area contributed by atoms with Crippen molar-refractivity contribution in [2.24, 2.45) is 5.73 Å². The molecule has 0 atom stereocenters. The van der Waals surface area contributed by atoms with Crippen molar-refractivity contribution in [2.75, 3.05) is 18.5 Å². The summed E-state index contributed by atoms with van der Waals surface area (Å²) in [5, 5.41) is 3.81. The van der Waals surface area contributed by atoms with E-state index in [4.69, 9.17) is 17.3 Å². The fourth-order valence-electron chi connectivity index (χ4n) is 2.86. The Balaban J connectivity index is 2.23. The standard InChI is InChI=1S/C15H22ClN3O/c1-18-9-11-6-7-13(8-14(11)16)19(10-15(17)20)12-4-2-3-5-12/h6-8,12,18H,2-5,9-10H2,1H3,(H2,17,20). The maximum absolute atomic E-state index is 11.3. The molecule has 0 bridgehead atoms. The van der Waals surface area contributed by atoms with Crippen molar-refractivity contribution < 1.29 is 4.79 Å². The van der Waals surface area contributed by atoms with Crippen LogP contribution < -0.4 is 16.0 Å². The highest BCUT2D eigenvalue weighted by Crippen LogP contribution is 2.30. The molecule has 0 heterocycles. The lowest BCUT2D eigenvalue weighted by Crippen LogP contribution is -2.40. The molecule has 0 spiro atoms. The van der Waals surface area contributed by atoms with Gasteiger partial charge in [-0.1, -0.05) is 30.5 Å². The number of nitrogens with two attached hydrogens (primary N) is 1. The third kappa shape index (κ3) is 3.64. The number of halogens is 1. The molecule has 2 rings (SSSR count). The molecule has 1 aromatic rings. The van der Waals surface area contributed by atoms with Gasteiger partial charge in [-0.2, -0.15) is 0 Å². The van der Waals surface area contributed by atoms with Crippen LogP contribution in [0.15, 0.2) is 18.2 Å². The number of hydrogen-bond acceptors (Lipinski definition) is 3. The van der Waals surface area contributed by atoms with Crippen molar-refractivity contribution in [2.45, 2.75) is 38.3 Å². The van der Waals surface area contributed by atoms with Gasteiger partial charge >= 0.3 is 0 Å². The smallest absolute Gasteiger partial charge is 0.236 e. The lowest BCUT2D eigenvalue weighted by Gasteiger charge is -2.30. The molecule has 110 valence electrons. The Hall–Kier alpha value is -1.26. The fourth-order valence-corrected chi connectivity index (χ4v) is 3.11. The van der Waals surface area contributed by atoms with Gasteiger partial charge in [0.2, 0.25) is 5.91 Å². The van der Waals surface area contributed by atoms with E-state index in [2.05, 4.69) is 10.2 Å². The zero-order chi connectivity index (χ0) is 14.5. The number of benzene rings is 1. The molecule has 0 unspecified atom stereocenters. The molecular formula is C15H22ClN3O. The lowest BCUT2D eigenvalue weighted by molar-refractivity contribution is -0.116. The van der Waals surface area contributed by atoms with Gasteiger partial charge in [0.1, 0.15) is 0 Å². The van der Waals surface area contributed by atoms with Gasteiger partial charge in [-0.15, -0.1) is 0 Å². The summed E-state index contributed by atoms with van der Waals surface area (Å²) in [4.78, 5) is 13.4. The van der Waals surface area contributed by atoms with Gasteiger partial charge in [0.15, 0.2) is 0 Å². The Bertz CT molecular complexity index is 472. The van der Waals surface area contributed by atoms with Crippen LogP contribution in [-0.4, -0.2) is 25.5 Å². The molecule has 0 radical (unpaired) electrons. The highest BCUT2D eigenvalue weighted by atomic mass is 35.5. The van der Waals surface area contributed by atoms with E-state index in [0.717, 1.165) is 35.7 Å². The Morgan fingerprint density at radius 2 is 2.15 bits per heavy atom. The number of nitrogens with zero attached hydrogens (tertiary/aromatic N) is 1. The third-order valence-corrected chi connectivity index (χ3v) is 4.18. The van der Waals surface area contributed by atoms with Gasteiger partial charge in [0, 0.05) is 23.3 Å². The topological polar surface area (TPSA) is 58.4 Å². The van der Waals surface area contributed by atoms with E-state index in [0.29, 0.717) is 6.04 Å². The van der Waals surface area contributed by atoms with Crippen LogP contribution in [0.1, 0.15) is 31.2 Å². The summed E-state index contributed by atoms with van der Waals surface area (Å²) in [6.07, 6.45) is 4.66. The molecule has 1 aromatic carbocycles. The molecule has 20 heavy (non-hydrogen) atoms. The minimum atomic E-state index is -0.299. The van der Waals surface area contributed by atoms with Gasteiger partial charge in [-0.3, -0.25) is 4.79 Å². The second kappa shape index (κ2) is 6.95. The molecule has 1 aliphatic carbocycles. The minimum Gasteiger partial charge on any atom is -0.368 e. The minimum absolute atomic E-state index is 0.256. The number of rotatable bonds is 6. The molecule has 1 fully saturated rings. The molecule has 1 amide bonds. The van der Waals surface area contributed by atoms with E-state index in [1.807, 2.05) is 25.2 Å². The summed E-state index contributed by atoms with van der Waals surface area (Å²) in [6, 6.07) is 6.38. The molecule has 0 aromatic heterocycles. The Morgan fingerprint density at radius 3 is 2.70 bits per heavy atom. The fraction of sp³-hybridized carbons (Fsp3) is 0.533. The SMILES string of the molecule is CNCc1ccc(N(CC(N)=O)C2CCCC2)cc1Cl. The van der Waals surface area contributed by atoms with Crippen LogP contribution in [0.2, 0.25) is 5.02 Å². The number of amides is 1. The van der Waals surface area contributed by atoms with E-state index in [9.17, 15) is 4.79 Å². The highest BCUT2D eigenvalue weighted by molar-refractivity contribution is 6.31. The normalized spacial score (nSPS) is 15.5. The molecular weight excluding hydrogens is 274 g/mol. The molecule has 0 saturated heterocycles. The predicted octanol–water partition coefficient (Wildman–Crippen LogP) is 2.29. The monoisotopic (exact) mass is 295 g/mol. The number of nitrogens with one attached hydrogen (secondary N) is 1. The van der Waals surface area contributed by atoms with Crippen LogP contribution in [0.4, 0.5) is 5.69 Å². The Kier molecular flexibility index (Phi) is 5.26. The van der Waals surface area contributed by atoms with Crippen molar-refractivity contribution in [1.29, 1.82) is 0 Å². The summed E-state index contributed by atoms with van der Waals surface area (Å²) >= 11 is 6.31. The molecule has 4 nitrogen and oxygen atoms in total. The van der Waals surface area contributed by atoms with Gasteiger partial charge < -0.3 is 16.0 Å². The number of carbonyl (C=O) groups is 1. The van der Waals surface area contributed by atoms with E-state index >= 15 is 0 Å². The highest BCUT2D eigenvalue weighted by Gasteiger charge is 2.24. The van der Waals surface area contributed by atoms with Gasteiger partial charge in [-0.05, 0) is 37.6 Å². The number of carbonyl (C=O) groups excluding carboxylic acids is 1. The molecule has 1 saturated carbocycles. The zero-order valence-electron chi connectivity index (χ0n) is 11.9. The zero-order valence-corrected chi connectivity index (χ0v) is 12.6. The summed E-state index contributed by atoms with van der Waals surface area (Å²) in [6.45, 7) is 0.991. The average molecular weight is 296 g/mol. The van der Waals surface area contributed by atoms with E-state index < -0.39 is 0 Å². The van der Waals surface area contributed by atoms with Crippen LogP contribution in [0, 0.1) is 0 Å². The third-order valence-electron chi connectivity index (χ3n) is 3.83. The average Bonchev–Trinajstić information content (AvgIpc) is 2.92. The van der Waals surface area contributed by atoms with Crippen molar-refractivity contribution in [3.05, 3.63) is 28.8 Å². The van der Waals surface area contributed by atoms with E-state index in [1.165, 1.54) is 12.8 Å². The van der Waals surface area contributed by atoms with Crippen molar-refractivity contribution in [3.63, 3.8) is 0 Å². The van der Waals surface area contributed by atoms with Crippen molar-refractivity contribution in [1.82, 2.24) is 5.32 Å². The molecule has 1 aliphatic rings. The quantitative estimate of drug-likeness (QED) is 0.846. The van der Waals surface area contributed by atoms with Gasteiger partial charge in [0.25, 0.3) is 0 Å². The van der Waals surface area contributed by atoms with E-state index in [-0.39, 0.29) is 12.5 Å². The summed E-state index contributed by atoms with van der Waals surface area (Å²) in [5.41, 5.74) is 7.44. The second-order valence-corrected chi connectivity index (χ2v) is 5.75. The predicted molar refractivity (Wildman–Crippen MR) is 83.0 cm³/mol. The summed E-state index contributed by atoms with van der Waals surface area (Å²) in [5.74, 6) is -0.299. The first-order chi connectivity index (χ1) is 9.61. The maximum atomic E-state index is 11.3. The lowest BCUT2D eigenvalue weighted by atomic mass is 10.1. The molecule has 5 heteroatoms. The number of primary amides is 1. The molecule has 0 aliphatic heterocycles. The van der Waals surface area contributed by atoms with Crippen LogP contribution >= 0.6 is 11.6 Å². The first kappa shape index (κ1) is 15.1. The van der Waals surface area contributed by atoms with Crippen LogP contribution in [-0.2, 0) is 11.3 Å².